The van der Waals surface area contributed by atoms with Gasteiger partial charge in [0.2, 0.25) is 0 Å². The van der Waals surface area contributed by atoms with Gasteiger partial charge in [-0.1, -0.05) is 36.4 Å². The van der Waals surface area contributed by atoms with Crippen LogP contribution >= 0.6 is 23.5 Å². The van der Waals surface area contributed by atoms with Gasteiger partial charge in [0.25, 0.3) is 5.88 Å². The van der Waals surface area contributed by atoms with Gasteiger partial charge in [0.05, 0.1) is 18.3 Å². The molecule has 1 aliphatic rings. The van der Waals surface area contributed by atoms with Gasteiger partial charge in [-0.15, -0.1) is 4.37 Å². The predicted molar refractivity (Wildman–Crippen MR) is 113 cm³/mol. The summed E-state index contributed by atoms with van der Waals surface area (Å²) in [4.78, 5) is 20.5. The summed E-state index contributed by atoms with van der Waals surface area (Å²) in [5.41, 5.74) is 3.51. The predicted octanol–water partition coefficient (Wildman–Crippen LogP) is 2.72. The highest BCUT2D eigenvalue weighted by molar-refractivity contribution is 7.98. The number of ether oxygens (including phenoxy) is 1. The van der Waals surface area contributed by atoms with E-state index in [1.807, 2.05) is 17.8 Å². The Balaban J connectivity index is 0.000000438. The van der Waals surface area contributed by atoms with Crippen LogP contribution < -0.4 is 4.74 Å². The molecule has 0 radical (unpaired) electrons. The monoisotopic (exact) mass is 437 g/mol. The van der Waals surface area contributed by atoms with Crippen molar-refractivity contribution >= 4 is 41.0 Å². The zero-order valence-corrected chi connectivity index (χ0v) is 17.6. The van der Waals surface area contributed by atoms with Crippen molar-refractivity contribution in [3.8, 4) is 5.88 Å². The second-order valence-corrected chi connectivity index (χ2v) is 7.80. The lowest BCUT2D eigenvalue weighted by Crippen LogP contribution is -2.25. The summed E-state index contributed by atoms with van der Waals surface area (Å²) in [5, 5.41) is 14.8. The van der Waals surface area contributed by atoms with Gasteiger partial charge in [-0.2, -0.15) is 16.1 Å². The molecule has 8 nitrogen and oxygen atoms in total. The van der Waals surface area contributed by atoms with Crippen molar-refractivity contribution in [3.05, 3.63) is 47.7 Å². The molecule has 0 unspecified atom stereocenters. The number of hydrogen-bond acceptors (Lipinski definition) is 8. The van der Waals surface area contributed by atoms with E-state index in [9.17, 15) is 0 Å². The van der Waals surface area contributed by atoms with Crippen molar-refractivity contribution in [2.24, 2.45) is 0 Å². The molecule has 156 valence electrons. The molecule has 3 rings (SSSR count). The lowest BCUT2D eigenvalue weighted by Gasteiger charge is -2.22. The van der Waals surface area contributed by atoms with Crippen molar-refractivity contribution < 1.29 is 24.5 Å². The quantitative estimate of drug-likeness (QED) is 0.498. The molecule has 1 aromatic carbocycles. The first-order valence-electron chi connectivity index (χ1n) is 8.88. The Hall–Kier alpha value is -2.43. The van der Waals surface area contributed by atoms with Gasteiger partial charge >= 0.3 is 11.9 Å². The molecule has 0 aliphatic carbocycles. The summed E-state index contributed by atoms with van der Waals surface area (Å²) < 4.78 is 14.6. The van der Waals surface area contributed by atoms with Crippen LogP contribution in [-0.2, 0) is 15.3 Å². The molecule has 2 aromatic rings. The number of rotatable bonds is 7. The minimum atomic E-state index is -1.82. The van der Waals surface area contributed by atoms with E-state index in [1.165, 1.54) is 22.9 Å². The third-order valence-corrected chi connectivity index (χ3v) is 5.37. The summed E-state index contributed by atoms with van der Waals surface area (Å²) in [6.45, 7) is 2.69. The fraction of sp³-hybridized carbons (Fsp3) is 0.368. The molecule has 0 bridgehead atoms. The van der Waals surface area contributed by atoms with Crippen molar-refractivity contribution in [3.63, 3.8) is 0 Å². The highest BCUT2D eigenvalue weighted by Crippen LogP contribution is 2.27. The molecule has 1 aromatic heterocycles. The summed E-state index contributed by atoms with van der Waals surface area (Å²) in [7, 11) is 2.13. The molecule has 1 aliphatic heterocycles. The average Bonchev–Trinajstić information content (AvgIpc) is 3.17. The van der Waals surface area contributed by atoms with Crippen LogP contribution in [-0.4, -0.2) is 68.3 Å². The molecule has 2 N–H and O–H groups in total. The van der Waals surface area contributed by atoms with E-state index in [-0.39, 0.29) is 0 Å². The molecule has 0 spiro atoms. The summed E-state index contributed by atoms with van der Waals surface area (Å²) in [5.74, 6) is -0.991. The van der Waals surface area contributed by atoms with Gasteiger partial charge in [0.15, 0.2) is 0 Å². The highest BCUT2D eigenvalue weighted by Gasteiger charge is 2.18. The zero-order valence-electron chi connectivity index (χ0n) is 16.0. The van der Waals surface area contributed by atoms with Crippen LogP contribution in [0.4, 0.5) is 0 Å². The Bertz CT molecular complexity index is 814. The molecule has 2 heterocycles. The van der Waals surface area contributed by atoms with Crippen LogP contribution in [0.3, 0.4) is 0 Å². The van der Waals surface area contributed by atoms with Gasteiger partial charge < -0.3 is 19.8 Å². The van der Waals surface area contributed by atoms with Crippen LogP contribution in [0, 0.1) is 0 Å². The third kappa shape index (κ3) is 8.22. The number of nitrogens with zero attached hydrogens (tertiary/aromatic N) is 3. The molecular weight excluding hydrogens is 414 g/mol. The second-order valence-electron chi connectivity index (χ2n) is 6.17. The SMILES string of the molecule is CN1CCC=C(c2nsnc2OCCSCc2ccccc2)C1.O=C(O)C(=O)O. The number of likely N-dealkylation sites (N-methyl/N-ethyl adjacent to an activating group) is 1. The number of carbonyl (C=O) groups is 2. The summed E-state index contributed by atoms with van der Waals surface area (Å²) in [6, 6.07) is 10.5. The fourth-order valence-corrected chi connectivity index (χ4v) is 3.80. The Labute approximate surface area is 177 Å². The molecule has 10 heteroatoms. The van der Waals surface area contributed by atoms with Crippen LogP contribution in [0.25, 0.3) is 5.57 Å². The highest BCUT2D eigenvalue weighted by atomic mass is 32.2. The van der Waals surface area contributed by atoms with E-state index >= 15 is 0 Å². The van der Waals surface area contributed by atoms with Crippen molar-refractivity contribution in [1.82, 2.24) is 13.6 Å². The topological polar surface area (TPSA) is 113 Å². The first-order chi connectivity index (χ1) is 14.0. The Kier molecular flexibility index (Phi) is 9.62. The van der Waals surface area contributed by atoms with E-state index in [0.717, 1.165) is 36.7 Å². The summed E-state index contributed by atoms with van der Waals surface area (Å²) >= 11 is 3.11. The van der Waals surface area contributed by atoms with E-state index < -0.39 is 11.9 Å². The fourth-order valence-electron chi connectivity index (χ4n) is 2.50. The van der Waals surface area contributed by atoms with Gasteiger partial charge in [-0.25, -0.2) is 9.59 Å². The number of carboxylic acids is 2. The largest absolute Gasteiger partial charge is 0.475 e. The summed E-state index contributed by atoms with van der Waals surface area (Å²) in [6.07, 6.45) is 3.32. The Morgan fingerprint density at radius 1 is 1.21 bits per heavy atom. The number of aliphatic carboxylic acids is 2. The zero-order chi connectivity index (χ0) is 21.1. The van der Waals surface area contributed by atoms with E-state index in [1.54, 1.807) is 0 Å². The van der Waals surface area contributed by atoms with Gasteiger partial charge in [-0.3, -0.25) is 0 Å². The first-order valence-corrected chi connectivity index (χ1v) is 10.8. The standard InChI is InChI=1S/C17H21N3OS2.C2H2O4/c1-20-9-5-8-15(12-20)16-17(19-23-18-16)21-10-11-22-13-14-6-3-2-4-7-14;3-1(4)2(5)6/h2-4,6-8H,5,9-13H2,1H3;(H,3,4)(H,5,6). The van der Waals surface area contributed by atoms with Crippen molar-refractivity contribution in [2.75, 3.05) is 32.5 Å². The number of benzene rings is 1. The van der Waals surface area contributed by atoms with Crippen LogP contribution in [0.1, 0.15) is 17.7 Å². The second kappa shape index (κ2) is 12.2. The maximum absolute atomic E-state index is 9.10. The van der Waals surface area contributed by atoms with Gasteiger partial charge in [0.1, 0.15) is 5.69 Å². The molecule has 0 atom stereocenters. The average molecular weight is 438 g/mol. The van der Waals surface area contributed by atoms with Gasteiger partial charge in [-0.05, 0) is 24.6 Å². The molecular formula is C19H23N3O5S2. The minimum Gasteiger partial charge on any atom is -0.475 e. The van der Waals surface area contributed by atoms with Gasteiger partial charge in [0, 0.05) is 24.6 Å². The third-order valence-electron chi connectivity index (χ3n) is 3.87. The lowest BCUT2D eigenvalue weighted by atomic mass is 10.1. The Morgan fingerprint density at radius 3 is 2.59 bits per heavy atom. The van der Waals surface area contributed by atoms with E-state index in [0.29, 0.717) is 12.5 Å². The normalized spacial score (nSPS) is 13.8. The molecule has 29 heavy (non-hydrogen) atoms. The number of thioether (sulfide) groups is 1. The minimum absolute atomic E-state index is 0.666. The number of hydrogen-bond donors (Lipinski definition) is 2. The van der Waals surface area contributed by atoms with Crippen molar-refractivity contribution in [2.45, 2.75) is 12.2 Å². The maximum Gasteiger partial charge on any atom is 0.414 e. The lowest BCUT2D eigenvalue weighted by molar-refractivity contribution is -0.159. The molecule has 0 saturated carbocycles. The van der Waals surface area contributed by atoms with E-state index in [4.69, 9.17) is 24.5 Å². The Morgan fingerprint density at radius 2 is 1.93 bits per heavy atom. The smallest absolute Gasteiger partial charge is 0.414 e. The first kappa shape index (κ1) is 22.9. The van der Waals surface area contributed by atoms with Crippen LogP contribution in [0.5, 0.6) is 5.88 Å². The number of carboxylic acid groups (broad SMARTS) is 2. The molecule has 0 amide bonds. The van der Waals surface area contributed by atoms with E-state index in [2.05, 4.69) is 51.0 Å². The molecule has 0 saturated heterocycles. The van der Waals surface area contributed by atoms with Crippen LogP contribution in [0.2, 0.25) is 0 Å². The van der Waals surface area contributed by atoms with Crippen LogP contribution in [0.15, 0.2) is 36.4 Å². The number of aromatic nitrogens is 2. The van der Waals surface area contributed by atoms with Crippen molar-refractivity contribution in [1.29, 1.82) is 0 Å². The molecule has 0 fully saturated rings. The maximum atomic E-state index is 9.10.